The van der Waals surface area contributed by atoms with Crippen molar-refractivity contribution >= 4 is 11.6 Å². The molecule has 0 saturated heterocycles. The molecule has 1 amide bonds. The summed E-state index contributed by atoms with van der Waals surface area (Å²) in [6.45, 7) is 1.35. The van der Waals surface area contributed by atoms with E-state index in [-0.39, 0.29) is 5.76 Å². The Labute approximate surface area is 107 Å². The van der Waals surface area contributed by atoms with Crippen LogP contribution in [-0.2, 0) is 6.18 Å². The normalized spacial score (nSPS) is 11.4. The van der Waals surface area contributed by atoms with Crippen LogP contribution in [0.5, 0.6) is 0 Å². The summed E-state index contributed by atoms with van der Waals surface area (Å²) in [4.78, 5) is 11.8. The standard InChI is InChI=1S/C13H9F3NO2/c1-8-7-10(11(19-8)13(14,15)16)12(18)17-9-5-3-2-4-6-9/h2-5,7H,1H3,(H,17,18). The van der Waals surface area contributed by atoms with Gasteiger partial charge in [-0.25, -0.2) is 0 Å². The molecule has 0 spiro atoms. The Morgan fingerprint density at radius 3 is 2.68 bits per heavy atom. The van der Waals surface area contributed by atoms with Gasteiger partial charge in [0.1, 0.15) is 5.76 Å². The van der Waals surface area contributed by atoms with Gasteiger partial charge in [0.15, 0.2) is 0 Å². The second kappa shape index (κ2) is 4.79. The number of benzene rings is 1. The fourth-order valence-electron chi connectivity index (χ4n) is 1.55. The number of aryl methyl sites for hydroxylation is 1. The van der Waals surface area contributed by atoms with Gasteiger partial charge in [-0.3, -0.25) is 4.79 Å². The highest BCUT2D eigenvalue weighted by molar-refractivity contribution is 6.05. The van der Waals surface area contributed by atoms with E-state index < -0.39 is 23.4 Å². The largest absolute Gasteiger partial charge is 0.456 e. The van der Waals surface area contributed by atoms with Gasteiger partial charge in [-0.05, 0) is 19.1 Å². The zero-order valence-electron chi connectivity index (χ0n) is 9.84. The molecule has 0 aliphatic heterocycles. The highest BCUT2D eigenvalue weighted by Crippen LogP contribution is 2.34. The third-order valence-electron chi connectivity index (χ3n) is 2.31. The van der Waals surface area contributed by atoms with E-state index in [1.54, 1.807) is 18.2 Å². The first kappa shape index (κ1) is 13.2. The zero-order chi connectivity index (χ0) is 14.0. The molecule has 0 aliphatic carbocycles. The van der Waals surface area contributed by atoms with E-state index in [1.165, 1.54) is 13.0 Å². The molecule has 6 heteroatoms. The SMILES string of the molecule is Cc1cc(C(=O)Nc2[c]cccc2)c(C(F)(F)F)o1. The van der Waals surface area contributed by atoms with Crippen molar-refractivity contribution in [2.24, 2.45) is 0 Å². The van der Waals surface area contributed by atoms with Crippen molar-refractivity contribution < 1.29 is 22.4 Å². The number of rotatable bonds is 2. The molecule has 19 heavy (non-hydrogen) atoms. The molecule has 1 radical (unpaired) electrons. The fraction of sp³-hybridized carbons (Fsp3) is 0.154. The molecular formula is C13H9F3NO2. The zero-order valence-corrected chi connectivity index (χ0v) is 9.84. The Hall–Kier alpha value is -2.24. The van der Waals surface area contributed by atoms with Crippen LogP contribution in [0.2, 0.25) is 0 Å². The monoisotopic (exact) mass is 268 g/mol. The maximum absolute atomic E-state index is 12.7. The first-order chi connectivity index (χ1) is 8.88. The van der Waals surface area contributed by atoms with Crippen LogP contribution in [0, 0.1) is 13.0 Å². The lowest BCUT2D eigenvalue weighted by Gasteiger charge is -2.07. The summed E-state index contributed by atoms with van der Waals surface area (Å²) in [5, 5.41) is 2.33. The minimum Gasteiger partial charge on any atom is -0.456 e. The van der Waals surface area contributed by atoms with Crippen molar-refractivity contribution in [1.82, 2.24) is 0 Å². The van der Waals surface area contributed by atoms with Crippen LogP contribution in [0.15, 0.2) is 34.7 Å². The summed E-state index contributed by atoms with van der Waals surface area (Å²) < 4.78 is 42.6. The number of hydrogen-bond donors (Lipinski definition) is 1. The number of carbonyl (C=O) groups excluding carboxylic acids is 1. The molecule has 2 aromatic rings. The summed E-state index contributed by atoms with van der Waals surface area (Å²) in [6, 6.07) is 10.1. The Morgan fingerprint density at radius 2 is 2.11 bits per heavy atom. The third kappa shape index (κ3) is 2.96. The first-order valence-electron chi connectivity index (χ1n) is 5.33. The van der Waals surface area contributed by atoms with Crippen LogP contribution in [0.25, 0.3) is 0 Å². The molecule has 0 unspecified atom stereocenters. The Balaban J connectivity index is 2.30. The third-order valence-corrected chi connectivity index (χ3v) is 2.31. The average molecular weight is 268 g/mol. The van der Waals surface area contributed by atoms with Gasteiger partial charge in [0.25, 0.3) is 5.91 Å². The summed E-state index contributed by atoms with van der Waals surface area (Å²) >= 11 is 0. The predicted molar refractivity (Wildman–Crippen MR) is 61.7 cm³/mol. The number of hydrogen-bond acceptors (Lipinski definition) is 2. The molecule has 2 rings (SSSR count). The highest BCUT2D eigenvalue weighted by Gasteiger charge is 2.40. The van der Waals surface area contributed by atoms with Crippen LogP contribution in [0.4, 0.5) is 18.9 Å². The Bertz CT molecular complexity index is 588. The van der Waals surface area contributed by atoms with Gasteiger partial charge in [-0.1, -0.05) is 18.2 Å². The minimum absolute atomic E-state index is 0.0227. The summed E-state index contributed by atoms with van der Waals surface area (Å²) in [7, 11) is 0. The van der Waals surface area contributed by atoms with Gasteiger partial charge in [0, 0.05) is 11.8 Å². The summed E-state index contributed by atoms with van der Waals surface area (Å²) in [6.07, 6.45) is -4.71. The predicted octanol–water partition coefficient (Wildman–Crippen LogP) is 3.66. The number of amides is 1. The Morgan fingerprint density at radius 1 is 1.37 bits per heavy atom. The van der Waals surface area contributed by atoms with Gasteiger partial charge in [0.2, 0.25) is 5.76 Å². The number of para-hydroxylation sites is 1. The van der Waals surface area contributed by atoms with E-state index in [0.29, 0.717) is 5.69 Å². The van der Waals surface area contributed by atoms with E-state index in [1.807, 2.05) is 0 Å². The lowest BCUT2D eigenvalue weighted by atomic mass is 10.2. The number of carbonyl (C=O) groups is 1. The quantitative estimate of drug-likeness (QED) is 0.903. The summed E-state index contributed by atoms with van der Waals surface area (Å²) in [5.74, 6) is -2.15. The van der Waals surface area contributed by atoms with Crippen molar-refractivity contribution in [3.63, 3.8) is 0 Å². The molecule has 0 aliphatic rings. The number of anilines is 1. The summed E-state index contributed by atoms with van der Waals surface area (Å²) in [5.41, 5.74) is -0.248. The van der Waals surface area contributed by atoms with Gasteiger partial charge in [-0.15, -0.1) is 0 Å². The molecule has 3 nitrogen and oxygen atoms in total. The molecule has 0 bridgehead atoms. The second-order valence-electron chi connectivity index (χ2n) is 3.83. The van der Waals surface area contributed by atoms with Crippen molar-refractivity contribution in [2.75, 3.05) is 5.32 Å². The van der Waals surface area contributed by atoms with Gasteiger partial charge < -0.3 is 9.73 Å². The topological polar surface area (TPSA) is 42.2 Å². The molecule has 0 atom stereocenters. The minimum atomic E-state index is -4.71. The molecule has 0 saturated carbocycles. The van der Waals surface area contributed by atoms with E-state index in [2.05, 4.69) is 15.8 Å². The van der Waals surface area contributed by atoms with Gasteiger partial charge >= 0.3 is 6.18 Å². The molecule has 0 fully saturated rings. The van der Waals surface area contributed by atoms with E-state index >= 15 is 0 Å². The lowest BCUT2D eigenvalue weighted by Crippen LogP contribution is -2.16. The number of nitrogens with one attached hydrogen (secondary N) is 1. The van der Waals surface area contributed by atoms with E-state index in [9.17, 15) is 18.0 Å². The van der Waals surface area contributed by atoms with Crippen molar-refractivity contribution in [1.29, 1.82) is 0 Å². The van der Waals surface area contributed by atoms with Crippen molar-refractivity contribution in [3.8, 4) is 0 Å². The molecule has 1 heterocycles. The average Bonchev–Trinajstić information content (AvgIpc) is 2.72. The smallest absolute Gasteiger partial charge is 0.450 e. The maximum Gasteiger partial charge on any atom is 0.450 e. The van der Waals surface area contributed by atoms with Gasteiger partial charge in [0.05, 0.1) is 5.56 Å². The van der Waals surface area contributed by atoms with Crippen LogP contribution in [0.1, 0.15) is 21.9 Å². The van der Waals surface area contributed by atoms with Crippen LogP contribution < -0.4 is 5.32 Å². The fourth-order valence-corrected chi connectivity index (χ4v) is 1.55. The molecule has 1 aromatic carbocycles. The van der Waals surface area contributed by atoms with Crippen molar-refractivity contribution in [2.45, 2.75) is 13.1 Å². The number of alkyl halides is 3. The van der Waals surface area contributed by atoms with Crippen molar-refractivity contribution in [3.05, 3.63) is 53.5 Å². The second-order valence-corrected chi connectivity index (χ2v) is 3.83. The Kier molecular flexibility index (Phi) is 3.33. The highest BCUT2D eigenvalue weighted by atomic mass is 19.4. The van der Waals surface area contributed by atoms with Crippen LogP contribution in [-0.4, -0.2) is 5.91 Å². The molecule has 99 valence electrons. The van der Waals surface area contributed by atoms with Gasteiger partial charge in [-0.2, -0.15) is 13.2 Å². The van der Waals surface area contributed by atoms with E-state index in [4.69, 9.17) is 0 Å². The lowest BCUT2D eigenvalue weighted by molar-refractivity contribution is -0.153. The maximum atomic E-state index is 12.7. The number of halogens is 3. The molecule has 1 aromatic heterocycles. The molecular weight excluding hydrogens is 259 g/mol. The van der Waals surface area contributed by atoms with Crippen LogP contribution >= 0.6 is 0 Å². The van der Waals surface area contributed by atoms with E-state index in [0.717, 1.165) is 6.07 Å². The number of furan rings is 1. The van der Waals surface area contributed by atoms with Crippen LogP contribution in [0.3, 0.4) is 0 Å². The first-order valence-corrected chi connectivity index (χ1v) is 5.33. The molecule has 1 N–H and O–H groups in total.